The molecule has 1 aliphatic carbocycles. The number of phenolic OH excluding ortho intramolecular Hbond substituents is 2. The Morgan fingerprint density at radius 3 is 2.32 bits per heavy atom. The lowest BCUT2D eigenvalue weighted by molar-refractivity contribution is 0.0911. The highest BCUT2D eigenvalue weighted by atomic mass is 16.3. The molecule has 2 unspecified atom stereocenters. The number of hydrogen-bond donors (Lipinski definition) is 3. The van der Waals surface area contributed by atoms with Crippen molar-refractivity contribution in [1.82, 2.24) is 5.32 Å². The van der Waals surface area contributed by atoms with Crippen molar-refractivity contribution in [2.45, 2.75) is 39.2 Å². The van der Waals surface area contributed by atoms with Crippen LogP contribution < -0.4 is 5.32 Å². The molecule has 0 aliphatic heterocycles. The fraction of sp³-hybridized carbons (Fsp3) is 0.533. The van der Waals surface area contributed by atoms with Crippen LogP contribution in [0.3, 0.4) is 0 Å². The third-order valence-electron chi connectivity index (χ3n) is 3.75. The van der Waals surface area contributed by atoms with Crippen molar-refractivity contribution in [1.29, 1.82) is 0 Å². The molecule has 0 aromatic heterocycles. The Kier molecular flexibility index (Phi) is 3.98. The number of rotatable bonds is 2. The Bertz CT molecular complexity index is 462. The first-order chi connectivity index (χ1) is 8.95. The van der Waals surface area contributed by atoms with Crippen LogP contribution in [0.5, 0.6) is 11.5 Å². The van der Waals surface area contributed by atoms with Crippen molar-refractivity contribution in [3.05, 3.63) is 23.8 Å². The van der Waals surface area contributed by atoms with E-state index in [4.69, 9.17) is 0 Å². The lowest BCUT2D eigenvalue weighted by Crippen LogP contribution is -2.40. The van der Waals surface area contributed by atoms with Gasteiger partial charge < -0.3 is 15.5 Å². The second kappa shape index (κ2) is 5.51. The second-order valence-electron chi connectivity index (χ2n) is 5.79. The van der Waals surface area contributed by atoms with Crippen molar-refractivity contribution in [2.24, 2.45) is 11.8 Å². The van der Waals surface area contributed by atoms with Crippen molar-refractivity contribution in [3.63, 3.8) is 0 Å². The average Bonchev–Trinajstić information content (AvgIpc) is 2.31. The largest absolute Gasteiger partial charge is 0.504 e. The minimum absolute atomic E-state index is 0.193. The summed E-state index contributed by atoms with van der Waals surface area (Å²) in [5.41, 5.74) is 0.376. The van der Waals surface area contributed by atoms with Gasteiger partial charge in [-0.1, -0.05) is 13.8 Å². The van der Waals surface area contributed by atoms with Crippen LogP contribution in [0.2, 0.25) is 0 Å². The number of phenols is 2. The third kappa shape index (κ3) is 3.40. The summed E-state index contributed by atoms with van der Waals surface area (Å²) in [5, 5.41) is 21.7. The van der Waals surface area contributed by atoms with Gasteiger partial charge in [0.15, 0.2) is 11.5 Å². The zero-order valence-electron chi connectivity index (χ0n) is 11.4. The van der Waals surface area contributed by atoms with E-state index in [1.807, 2.05) is 0 Å². The molecule has 1 aliphatic rings. The summed E-state index contributed by atoms with van der Waals surface area (Å²) in [6.07, 6.45) is 3.21. The van der Waals surface area contributed by atoms with Gasteiger partial charge in [-0.15, -0.1) is 0 Å². The summed E-state index contributed by atoms with van der Waals surface area (Å²) in [4.78, 5) is 12.1. The molecular weight excluding hydrogens is 242 g/mol. The van der Waals surface area contributed by atoms with E-state index in [9.17, 15) is 15.0 Å². The van der Waals surface area contributed by atoms with Crippen LogP contribution in [-0.2, 0) is 0 Å². The quantitative estimate of drug-likeness (QED) is 0.718. The van der Waals surface area contributed by atoms with Crippen LogP contribution in [0, 0.1) is 11.8 Å². The summed E-state index contributed by atoms with van der Waals surface area (Å²) in [7, 11) is 0. The maximum Gasteiger partial charge on any atom is 0.251 e. The predicted octanol–water partition coefficient (Wildman–Crippen LogP) is 2.65. The van der Waals surface area contributed by atoms with Crippen LogP contribution in [0.15, 0.2) is 18.2 Å². The zero-order valence-corrected chi connectivity index (χ0v) is 11.4. The molecule has 1 aromatic rings. The Morgan fingerprint density at radius 1 is 1.11 bits per heavy atom. The van der Waals surface area contributed by atoms with Crippen LogP contribution in [0.4, 0.5) is 0 Å². The van der Waals surface area contributed by atoms with Gasteiger partial charge in [0, 0.05) is 11.6 Å². The average molecular weight is 263 g/mol. The molecule has 1 aromatic carbocycles. The van der Waals surface area contributed by atoms with Crippen LogP contribution in [0.25, 0.3) is 0 Å². The van der Waals surface area contributed by atoms with Crippen molar-refractivity contribution >= 4 is 5.91 Å². The topological polar surface area (TPSA) is 69.6 Å². The number of benzene rings is 1. The summed E-state index contributed by atoms with van der Waals surface area (Å²) in [6, 6.07) is 4.33. The van der Waals surface area contributed by atoms with E-state index in [-0.39, 0.29) is 23.4 Å². The van der Waals surface area contributed by atoms with Gasteiger partial charge in [0.05, 0.1) is 0 Å². The maximum absolute atomic E-state index is 12.1. The Labute approximate surface area is 113 Å². The first kappa shape index (κ1) is 13.7. The van der Waals surface area contributed by atoms with E-state index >= 15 is 0 Å². The molecule has 0 saturated heterocycles. The highest BCUT2D eigenvalue weighted by Gasteiger charge is 2.25. The van der Waals surface area contributed by atoms with Crippen LogP contribution in [-0.4, -0.2) is 22.2 Å². The van der Waals surface area contributed by atoms with Gasteiger partial charge >= 0.3 is 0 Å². The molecule has 0 spiro atoms. The number of hydrogen-bond acceptors (Lipinski definition) is 3. The SMILES string of the molecule is CC1CC(C)CC(NC(=O)c2ccc(O)c(O)c2)C1. The molecule has 2 rings (SSSR count). The van der Waals surface area contributed by atoms with Gasteiger partial charge in [0.1, 0.15) is 0 Å². The van der Waals surface area contributed by atoms with E-state index in [0.717, 1.165) is 12.8 Å². The highest BCUT2D eigenvalue weighted by molar-refractivity contribution is 5.95. The minimum Gasteiger partial charge on any atom is -0.504 e. The molecule has 2 atom stereocenters. The molecule has 1 saturated carbocycles. The molecule has 3 N–H and O–H groups in total. The smallest absolute Gasteiger partial charge is 0.251 e. The zero-order chi connectivity index (χ0) is 14.0. The normalized spacial score (nSPS) is 26.9. The van der Waals surface area contributed by atoms with Gasteiger partial charge in [0.2, 0.25) is 0 Å². The number of carbonyl (C=O) groups is 1. The van der Waals surface area contributed by atoms with E-state index in [1.54, 1.807) is 0 Å². The van der Waals surface area contributed by atoms with Crippen molar-refractivity contribution in [3.8, 4) is 11.5 Å². The molecule has 1 amide bonds. The first-order valence-corrected chi connectivity index (χ1v) is 6.78. The summed E-state index contributed by atoms with van der Waals surface area (Å²) < 4.78 is 0. The lowest BCUT2D eigenvalue weighted by Gasteiger charge is -2.32. The molecule has 19 heavy (non-hydrogen) atoms. The molecule has 104 valence electrons. The monoisotopic (exact) mass is 263 g/mol. The highest BCUT2D eigenvalue weighted by Crippen LogP contribution is 2.29. The molecule has 0 bridgehead atoms. The summed E-state index contributed by atoms with van der Waals surface area (Å²) in [5.74, 6) is 0.584. The molecule has 0 radical (unpaired) electrons. The van der Waals surface area contributed by atoms with Crippen molar-refractivity contribution in [2.75, 3.05) is 0 Å². The lowest BCUT2D eigenvalue weighted by atomic mass is 9.80. The Balaban J connectivity index is 2.02. The second-order valence-corrected chi connectivity index (χ2v) is 5.79. The van der Waals surface area contributed by atoms with Gasteiger partial charge in [-0.2, -0.15) is 0 Å². The van der Waals surface area contributed by atoms with Gasteiger partial charge in [0.25, 0.3) is 5.91 Å². The number of nitrogens with one attached hydrogen (secondary N) is 1. The fourth-order valence-corrected chi connectivity index (χ4v) is 3.00. The number of carbonyl (C=O) groups excluding carboxylic acids is 1. The fourth-order valence-electron chi connectivity index (χ4n) is 3.00. The standard InChI is InChI=1S/C15H21NO3/c1-9-5-10(2)7-12(6-9)16-15(19)11-3-4-13(17)14(18)8-11/h3-4,8-10,12,17-18H,5-7H2,1-2H3,(H,16,19). The summed E-state index contributed by atoms with van der Waals surface area (Å²) >= 11 is 0. The van der Waals surface area contributed by atoms with Crippen LogP contribution >= 0.6 is 0 Å². The van der Waals surface area contributed by atoms with E-state index in [0.29, 0.717) is 17.4 Å². The molecular formula is C15H21NO3. The van der Waals surface area contributed by atoms with E-state index < -0.39 is 0 Å². The minimum atomic E-state index is -0.266. The van der Waals surface area contributed by atoms with Gasteiger partial charge in [-0.25, -0.2) is 0 Å². The van der Waals surface area contributed by atoms with Gasteiger partial charge in [-0.3, -0.25) is 4.79 Å². The first-order valence-electron chi connectivity index (χ1n) is 6.78. The van der Waals surface area contributed by atoms with E-state index in [1.165, 1.54) is 24.6 Å². The molecule has 4 nitrogen and oxygen atoms in total. The van der Waals surface area contributed by atoms with E-state index in [2.05, 4.69) is 19.2 Å². The molecule has 1 fully saturated rings. The van der Waals surface area contributed by atoms with Gasteiger partial charge in [-0.05, 0) is 49.3 Å². The molecule has 4 heteroatoms. The number of amides is 1. The molecule has 0 heterocycles. The number of aromatic hydroxyl groups is 2. The van der Waals surface area contributed by atoms with Crippen molar-refractivity contribution < 1.29 is 15.0 Å². The predicted molar refractivity (Wildman–Crippen MR) is 73.2 cm³/mol. The Morgan fingerprint density at radius 2 is 1.74 bits per heavy atom. The Hall–Kier alpha value is -1.71. The maximum atomic E-state index is 12.1. The van der Waals surface area contributed by atoms with Crippen LogP contribution in [0.1, 0.15) is 43.5 Å². The summed E-state index contributed by atoms with van der Waals surface area (Å²) in [6.45, 7) is 4.42. The third-order valence-corrected chi connectivity index (χ3v) is 3.75.